The van der Waals surface area contributed by atoms with E-state index in [-0.39, 0.29) is 9.28 Å². The summed E-state index contributed by atoms with van der Waals surface area (Å²) in [7, 11) is 2.18. The third-order valence-corrected chi connectivity index (χ3v) is 19.7. The van der Waals surface area contributed by atoms with E-state index in [1.54, 1.807) is 6.04 Å². The van der Waals surface area contributed by atoms with Crippen LogP contribution in [0.1, 0.15) is 13.3 Å². The van der Waals surface area contributed by atoms with Gasteiger partial charge < -0.3 is 9.22 Å². The van der Waals surface area contributed by atoms with E-state index >= 15 is 0 Å². The molecule has 0 aromatic rings. The molecule has 2 N–H and O–H groups in total. The SMILES string of the molecule is C=CNC(=O)O.CCC[SiH2][SiH2][SiH2]O[SiH3]. The molecule has 0 saturated heterocycles. The van der Waals surface area contributed by atoms with Gasteiger partial charge >= 0.3 is 6.09 Å². The molecule has 4 nitrogen and oxygen atoms in total. The molecule has 1 amide bonds. The lowest BCUT2D eigenvalue weighted by Crippen LogP contribution is -2.13. The summed E-state index contributed by atoms with van der Waals surface area (Å²) in [6, 6.07) is 1.60. The highest BCUT2D eigenvalue weighted by Gasteiger charge is 1.86. The summed E-state index contributed by atoms with van der Waals surface area (Å²) in [5.41, 5.74) is 0. The first-order valence-corrected chi connectivity index (χ1v) is 15.2. The van der Waals surface area contributed by atoms with E-state index in [2.05, 4.69) is 13.5 Å². The van der Waals surface area contributed by atoms with Gasteiger partial charge in [0, 0.05) is 17.6 Å². The number of nitrogens with one attached hydrogen (secondary N) is 1. The molecule has 0 aromatic carbocycles. The summed E-state index contributed by atoms with van der Waals surface area (Å²) in [4.78, 5) is 9.42. The quantitative estimate of drug-likeness (QED) is 0.423. The van der Waals surface area contributed by atoms with Crippen LogP contribution in [0.5, 0.6) is 0 Å². The Bertz CT molecular complexity index is 141. The summed E-state index contributed by atoms with van der Waals surface area (Å²) in [6.45, 7) is 5.41. The fraction of sp³-hybridized carbons (Fsp3) is 0.500. The summed E-state index contributed by atoms with van der Waals surface area (Å²) in [6.07, 6.45) is 1.46. The van der Waals surface area contributed by atoms with Gasteiger partial charge in [0.1, 0.15) is 19.8 Å². The highest BCUT2D eigenvalue weighted by Crippen LogP contribution is 1.81. The molecule has 0 bridgehead atoms. The molecule has 0 heterocycles. The molecule has 14 heavy (non-hydrogen) atoms. The number of rotatable bonds is 6. The molecular weight excluding hydrogens is 246 g/mol. The number of amides is 1. The molecule has 0 aliphatic carbocycles. The number of carbonyl (C=O) groups is 1. The lowest BCUT2D eigenvalue weighted by Gasteiger charge is -1.93. The van der Waals surface area contributed by atoms with Gasteiger partial charge in [-0.1, -0.05) is 26.0 Å². The molecule has 0 aliphatic rings. The topological polar surface area (TPSA) is 58.6 Å². The Morgan fingerprint density at radius 3 is 2.71 bits per heavy atom. The Hall–Kier alpha value is -0.162. The van der Waals surface area contributed by atoms with Crippen LogP contribution in [0.25, 0.3) is 0 Å². The van der Waals surface area contributed by atoms with Crippen molar-refractivity contribution < 1.29 is 14.0 Å². The van der Waals surface area contributed by atoms with Crippen LogP contribution in [-0.2, 0) is 4.12 Å². The minimum Gasteiger partial charge on any atom is -0.471 e. The molecular formula is C6H21NO3Si4. The number of carboxylic acid groups (broad SMARTS) is 1. The second-order valence-corrected chi connectivity index (χ2v) is 19.4. The van der Waals surface area contributed by atoms with Crippen LogP contribution in [0.15, 0.2) is 12.8 Å². The van der Waals surface area contributed by atoms with Crippen LogP contribution >= 0.6 is 0 Å². The van der Waals surface area contributed by atoms with Crippen molar-refractivity contribution in [3.8, 4) is 0 Å². The molecule has 0 saturated carbocycles. The maximum Gasteiger partial charge on any atom is 0.408 e. The van der Waals surface area contributed by atoms with Gasteiger partial charge in [0.25, 0.3) is 0 Å². The van der Waals surface area contributed by atoms with Crippen molar-refractivity contribution in [2.75, 3.05) is 0 Å². The normalized spacial score (nSPS) is 11.2. The lowest BCUT2D eigenvalue weighted by molar-refractivity contribution is 0.198. The predicted octanol–water partition coefficient (Wildman–Crippen LogP) is -2.24. The number of hydrogen-bond donors (Lipinski definition) is 2. The molecule has 0 aliphatic heterocycles. The van der Waals surface area contributed by atoms with Crippen molar-refractivity contribution in [1.82, 2.24) is 5.32 Å². The van der Waals surface area contributed by atoms with Crippen LogP contribution in [0.3, 0.4) is 0 Å². The van der Waals surface area contributed by atoms with E-state index in [4.69, 9.17) is 9.22 Å². The molecule has 0 spiro atoms. The Morgan fingerprint density at radius 2 is 2.43 bits per heavy atom. The second kappa shape index (κ2) is 15.3. The van der Waals surface area contributed by atoms with E-state index < -0.39 is 6.09 Å². The first kappa shape index (κ1) is 16.3. The van der Waals surface area contributed by atoms with E-state index in [0.29, 0.717) is 17.6 Å². The van der Waals surface area contributed by atoms with Gasteiger partial charge in [-0.3, -0.25) is 5.32 Å². The minimum atomic E-state index is -1.08. The highest BCUT2D eigenvalue weighted by atomic mass is 29.5. The van der Waals surface area contributed by atoms with Gasteiger partial charge in [-0.05, 0) is 6.20 Å². The molecule has 0 fully saturated rings. The van der Waals surface area contributed by atoms with Crippen molar-refractivity contribution in [1.29, 1.82) is 0 Å². The van der Waals surface area contributed by atoms with Gasteiger partial charge in [0.2, 0.25) is 0 Å². The zero-order chi connectivity index (χ0) is 11.2. The molecule has 84 valence electrons. The Labute approximate surface area is 95.2 Å². The van der Waals surface area contributed by atoms with Crippen molar-refractivity contribution in [2.45, 2.75) is 19.4 Å². The first-order chi connectivity index (χ1) is 6.68. The van der Waals surface area contributed by atoms with Gasteiger partial charge in [0.15, 0.2) is 0 Å². The first-order valence-electron chi connectivity index (χ1n) is 4.78. The van der Waals surface area contributed by atoms with Gasteiger partial charge in [-0.15, -0.1) is 0 Å². The average molecular weight is 268 g/mol. The molecule has 0 rings (SSSR count). The summed E-state index contributed by atoms with van der Waals surface area (Å²) in [5, 5.41) is 9.62. The third kappa shape index (κ3) is 22.6. The zero-order valence-corrected chi connectivity index (χ0v) is 15.3. The van der Waals surface area contributed by atoms with Crippen molar-refractivity contribution >= 4 is 43.5 Å². The van der Waals surface area contributed by atoms with Gasteiger partial charge in [0.05, 0.1) is 0 Å². The summed E-state index contributed by atoms with van der Waals surface area (Å²) < 4.78 is 5.26. The maximum absolute atomic E-state index is 9.42. The van der Waals surface area contributed by atoms with Crippen molar-refractivity contribution in [2.24, 2.45) is 0 Å². The van der Waals surface area contributed by atoms with E-state index in [1.165, 1.54) is 6.42 Å². The fourth-order valence-corrected chi connectivity index (χ4v) is 21.6. The van der Waals surface area contributed by atoms with Crippen LogP contribution in [-0.4, -0.2) is 48.6 Å². The Morgan fingerprint density at radius 1 is 1.79 bits per heavy atom. The summed E-state index contributed by atoms with van der Waals surface area (Å²) in [5.74, 6) is 0. The Balaban J connectivity index is 0. The summed E-state index contributed by atoms with van der Waals surface area (Å²) >= 11 is 0. The molecule has 0 radical (unpaired) electrons. The smallest absolute Gasteiger partial charge is 0.408 e. The van der Waals surface area contributed by atoms with Crippen LogP contribution in [0.2, 0.25) is 6.04 Å². The van der Waals surface area contributed by atoms with Crippen molar-refractivity contribution in [3.63, 3.8) is 0 Å². The van der Waals surface area contributed by atoms with Crippen LogP contribution in [0.4, 0.5) is 4.79 Å². The average Bonchev–Trinajstić information content (AvgIpc) is 2.13. The van der Waals surface area contributed by atoms with Gasteiger partial charge in [-0.25, -0.2) is 4.79 Å². The third-order valence-electron chi connectivity index (χ3n) is 1.43. The second-order valence-electron chi connectivity index (χ2n) is 2.71. The standard InChI is InChI=1S/C3H5NO2.C3H16OSi4/c1-2-4-3(5)6;1-2-3-6-8-7-4-5/h2,4H,1H2,(H,5,6);2-3,6-8H2,1,5H3. The largest absolute Gasteiger partial charge is 0.471 e. The molecule has 8 heteroatoms. The molecule has 0 unspecified atom stereocenters. The highest BCUT2D eigenvalue weighted by molar-refractivity contribution is 7.28. The monoisotopic (exact) mass is 267 g/mol. The zero-order valence-electron chi connectivity index (χ0n) is 9.08. The lowest BCUT2D eigenvalue weighted by atomic mass is 10.6. The molecule has 0 aromatic heterocycles. The minimum absolute atomic E-state index is 0.164. The van der Waals surface area contributed by atoms with Crippen LogP contribution in [0, 0.1) is 0 Å². The predicted molar refractivity (Wildman–Crippen MR) is 73.1 cm³/mol. The Kier molecular flexibility index (Phi) is 17.8. The maximum atomic E-state index is 9.42. The van der Waals surface area contributed by atoms with Crippen molar-refractivity contribution in [3.05, 3.63) is 12.8 Å². The van der Waals surface area contributed by atoms with E-state index in [9.17, 15) is 4.79 Å². The van der Waals surface area contributed by atoms with Gasteiger partial charge in [-0.2, -0.15) is 0 Å². The number of hydrogen-bond acceptors (Lipinski definition) is 2. The van der Waals surface area contributed by atoms with E-state index in [1.807, 2.05) is 5.32 Å². The fourth-order valence-electron chi connectivity index (χ4n) is 0.760. The van der Waals surface area contributed by atoms with Crippen LogP contribution < -0.4 is 5.32 Å². The molecule has 0 atom stereocenters. The van der Waals surface area contributed by atoms with E-state index in [0.717, 1.165) is 16.7 Å².